The van der Waals surface area contributed by atoms with Crippen LogP contribution in [0.1, 0.15) is 40.6 Å². The van der Waals surface area contributed by atoms with Gasteiger partial charge in [0.15, 0.2) is 11.7 Å². The van der Waals surface area contributed by atoms with Gasteiger partial charge in [-0.3, -0.25) is 25.8 Å². The van der Waals surface area contributed by atoms with E-state index in [4.69, 9.17) is 33.3 Å². The molecule has 1 aromatic heterocycles. The molecule has 0 aliphatic rings. The van der Waals surface area contributed by atoms with E-state index in [9.17, 15) is 9.59 Å². The monoisotopic (exact) mass is 505 g/mol. The van der Waals surface area contributed by atoms with Gasteiger partial charge in [0.05, 0.1) is 12.1 Å². The van der Waals surface area contributed by atoms with Gasteiger partial charge in [0, 0.05) is 10.1 Å². The van der Waals surface area contributed by atoms with E-state index in [-0.39, 0.29) is 17.6 Å². The molecule has 0 saturated carbocycles. The molecule has 0 bridgehead atoms. The lowest BCUT2D eigenvalue weighted by molar-refractivity contribution is -0.123. The maximum Gasteiger partial charge on any atom is 0.276 e. The molecule has 0 aliphatic heterocycles. The van der Waals surface area contributed by atoms with Crippen molar-refractivity contribution >= 4 is 62.2 Å². The van der Waals surface area contributed by atoms with Crippen LogP contribution in [-0.2, 0) is 4.79 Å². The maximum atomic E-state index is 12.6. The minimum absolute atomic E-state index is 0.0714. The van der Waals surface area contributed by atoms with Crippen LogP contribution < -0.4 is 25.6 Å². The van der Waals surface area contributed by atoms with Crippen LogP contribution in [0.2, 0.25) is 5.02 Å². The number of ether oxygens (including phenoxy) is 2. The first kappa shape index (κ1) is 24.8. The highest BCUT2D eigenvalue weighted by Gasteiger charge is 2.19. The molecular weight excluding hydrogens is 482 g/mol. The average Bonchev–Trinajstić information content (AvgIpc) is 3.11. The number of aryl methyl sites for hydroxylation is 1. The molecule has 3 N–H and O–H groups in total. The molecule has 2 aromatic carbocycles. The average molecular weight is 506 g/mol. The number of nitrogens with one attached hydrogen (secondary N) is 3. The molecule has 3 rings (SSSR count). The predicted octanol–water partition coefficient (Wildman–Crippen LogP) is 4.71. The van der Waals surface area contributed by atoms with Gasteiger partial charge in [-0.15, -0.1) is 11.3 Å². The smallest absolute Gasteiger partial charge is 0.276 e. The van der Waals surface area contributed by atoms with Crippen LogP contribution in [0.15, 0.2) is 36.4 Å². The minimum atomic E-state index is -0.482. The number of fused-ring (bicyclic) bond motifs is 1. The fourth-order valence-corrected chi connectivity index (χ4v) is 4.64. The van der Waals surface area contributed by atoms with Crippen LogP contribution in [0.3, 0.4) is 0 Å². The summed E-state index contributed by atoms with van der Waals surface area (Å²) in [5, 5.41) is 3.51. The van der Waals surface area contributed by atoms with Crippen molar-refractivity contribution in [3.8, 4) is 11.5 Å². The van der Waals surface area contributed by atoms with E-state index >= 15 is 0 Å². The van der Waals surface area contributed by atoms with Crippen molar-refractivity contribution in [2.24, 2.45) is 0 Å². The highest BCUT2D eigenvalue weighted by Crippen LogP contribution is 2.37. The van der Waals surface area contributed by atoms with Crippen LogP contribution in [0, 0.1) is 6.92 Å². The summed E-state index contributed by atoms with van der Waals surface area (Å²) >= 11 is 12.7. The molecule has 0 saturated heterocycles. The first-order valence-electron chi connectivity index (χ1n) is 10.1. The lowest BCUT2D eigenvalue weighted by Gasteiger charge is -2.15. The van der Waals surface area contributed by atoms with E-state index in [1.54, 1.807) is 25.3 Å². The zero-order valence-corrected chi connectivity index (χ0v) is 21.0. The van der Waals surface area contributed by atoms with E-state index in [2.05, 4.69) is 30.0 Å². The molecule has 0 aliphatic carbocycles. The van der Waals surface area contributed by atoms with Gasteiger partial charge in [0.1, 0.15) is 16.4 Å². The molecule has 33 heavy (non-hydrogen) atoms. The summed E-state index contributed by atoms with van der Waals surface area (Å²) in [7, 11) is 1.57. The third kappa shape index (κ3) is 6.13. The van der Waals surface area contributed by atoms with Gasteiger partial charge in [-0.2, -0.15) is 0 Å². The number of thiophene rings is 1. The largest absolute Gasteiger partial charge is 0.497 e. The number of halogens is 1. The number of thiocarbonyl (C=S) groups is 1. The van der Waals surface area contributed by atoms with Gasteiger partial charge in [-0.1, -0.05) is 37.6 Å². The Labute approximate surface area is 206 Å². The van der Waals surface area contributed by atoms with Crippen molar-refractivity contribution < 1.29 is 19.1 Å². The first-order chi connectivity index (χ1) is 15.7. The zero-order chi connectivity index (χ0) is 24.1. The third-order valence-corrected chi connectivity index (χ3v) is 6.60. The van der Waals surface area contributed by atoms with Crippen molar-refractivity contribution in [1.82, 2.24) is 16.2 Å². The van der Waals surface area contributed by atoms with Crippen molar-refractivity contribution in [2.45, 2.75) is 26.7 Å². The van der Waals surface area contributed by atoms with Crippen LogP contribution in [0.4, 0.5) is 0 Å². The summed E-state index contributed by atoms with van der Waals surface area (Å²) in [5.41, 5.74) is 6.97. The van der Waals surface area contributed by atoms with Gasteiger partial charge in [-0.25, -0.2) is 0 Å². The highest BCUT2D eigenvalue weighted by atomic mass is 35.5. The Kier molecular flexibility index (Phi) is 8.12. The Morgan fingerprint density at radius 2 is 1.91 bits per heavy atom. The number of hydrogen-bond acceptors (Lipinski definition) is 6. The standard InChI is InChI=1S/C23H24ClN3O4S2/c1-12(2)15-7-5-13(3)9-17(15)31-11-19(28)26-27-23(32)25-22(29)21-20(24)16-8-6-14(30-4)10-18(16)33-21/h5-10,12H,11H2,1-4H3,(H,26,28)(H2,25,27,29,32). The number of carbonyl (C=O) groups excluding carboxylic acids is 2. The molecular formula is C23H24ClN3O4S2. The summed E-state index contributed by atoms with van der Waals surface area (Å²) in [4.78, 5) is 25.1. The quantitative estimate of drug-likeness (QED) is 0.332. The molecule has 7 nitrogen and oxygen atoms in total. The first-order valence-corrected chi connectivity index (χ1v) is 11.7. The molecule has 0 spiro atoms. The van der Waals surface area contributed by atoms with Gasteiger partial charge in [0.25, 0.3) is 11.8 Å². The summed E-state index contributed by atoms with van der Waals surface area (Å²) < 4.78 is 11.7. The van der Waals surface area contributed by atoms with Gasteiger partial charge in [-0.05, 0) is 60.5 Å². The third-order valence-electron chi connectivity index (χ3n) is 4.74. The van der Waals surface area contributed by atoms with E-state index in [1.165, 1.54) is 11.3 Å². The second kappa shape index (κ2) is 10.8. The Bertz CT molecular complexity index is 1210. The van der Waals surface area contributed by atoms with Crippen LogP contribution in [0.5, 0.6) is 11.5 Å². The highest BCUT2D eigenvalue weighted by molar-refractivity contribution is 7.80. The Balaban J connectivity index is 1.54. The second-order valence-corrected chi connectivity index (χ2v) is 9.39. The molecule has 0 fully saturated rings. The number of methoxy groups -OCH3 is 1. The van der Waals surface area contributed by atoms with Gasteiger partial charge < -0.3 is 9.47 Å². The number of amides is 2. The normalized spacial score (nSPS) is 10.7. The Hall–Kier alpha value is -2.88. The molecule has 0 atom stereocenters. The fraction of sp³-hybridized carbons (Fsp3) is 0.261. The van der Waals surface area contributed by atoms with E-state index in [1.807, 2.05) is 25.1 Å². The van der Waals surface area contributed by atoms with Crippen LogP contribution in [-0.4, -0.2) is 30.6 Å². The summed E-state index contributed by atoms with van der Waals surface area (Å²) in [6, 6.07) is 11.3. The van der Waals surface area contributed by atoms with Crippen molar-refractivity contribution in [2.75, 3.05) is 13.7 Å². The van der Waals surface area contributed by atoms with Crippen LogP contribution in [0.25, 0.3) is 10.1 Å². The lowest BCUT2D eigenvalue weighted by atomic mass is 10.0. The number of hydrazine groups is 1. The predicted molar refractivity (Wildman–Crippen MR) is 135 cm³/mol. The van der Waals surface area contributed by atoms with Crippen LogP contribution >= 0.6 is 35.2 Å². The van der Waals surface area contributed by atoms with Crippen molar-refractivity contribution in [3.63, 3.8) is 0 Å². The maximum absolute atomic E-state index is 12.6. The SMILES string of the molecule is COc1ccc2c(Cl)c(C(=O)NC(=S)NNC(=O)COc3cc(C)ccc3C(C)C)sc2c1. The van der Waals surface area contributed by atoms with E-state index in [0.717, 1.165) is 21.2 Å². The van der Waals surface area contributed by atoms with Crippen molar-refractivity contribution in [3.05, 3.63) is 57.4 Å². The molecule has 174 valence electrons. The molecule has 0 unspecified atom stereocenters. The number of benzene rings is 2. The molecule has 1 heterocycles. The fourth-order valence-electron chi connectivity index (χ4n) is 3.06. The lowest BCUT2D eigenvalue weighted by Crippen LogP contribution is -2.49. The molecule has 3 aromatic rings. The number of rotatable bonds is 6. The molecule has 0 radical (unpaired) electrons. The molecule has 2 amide bonds. The Morgan fingerprint density at radius 1 is 1.15 bits per heavy atom. The van der Waals surface area contributed by atoms with Gasteiger partial charge in [0.2, 0.25) is 0 Å². The number of carbonyl (C=O) groups is 2. The summed E-state index contributed by atoms with van der Waals surface area (Å²) in [6.45, 7) is 5.86. The Morgan fingerprint density at radius 3 is 2.61 bits per heavy atom. The summed E-state index contributed by atoms with van der Waals surface area (Å²) in [5.74, 6) is 0.651. The number of hydrogen-bond donors (Lipinski definition) is 3. The second-order valence-electron chi connectivity index (χ2n) is 7.55. The summed E-state index contributed by atoms with van der Waals surface area (Å²) in [6.07, 6.45) is 0. The zero-order valence-electron chi connectivity index (χ0n) is 18.6. The van der Waals surface area contributed by atoms with E-state index < -0.39 is 11.8 Å². The molecule has 10 heteroatoms. The van der Waals surface area contributed by atoms with Gasteiger partial charge >= 0.3 is 0 Å². The minimum Gasteiger partial charge on any atom is -0.497 e. The topological polar surface area (TPSA) is 88.7 Å². The van der Waals surface area contributed by atoms with E-state index in [0.29, 0.717) is 21.4 Å². The van der Waals surface area contributed by atoms with Crippen molar-refractivity contribution in [1.29, 1.82) is 0 Å².